The molecule has 0 heterocycles. The minimum Gasteiger partial charge on any atom is -0.664 e. The molecule has 0 spiro atoms. The minimum atomic E-state index is -0.701. The quantitative estimate of drug-likeness (QED) is 0.0473. The Kier molecular flexibility index (Phi) is 17.4. The largest absolute Gasteiger partial charge is 0.664 e. The number of hydrogen-bond acceptors (Lipinski definition) is 18. The van der Waals surface area contributed by atoms with Gasteiger partial charge in [0.15, 0.2) is 0 Å². The average Bonchev–Trinajstić information content (AvgIpc) is 3.22. The van der Waals surface area contributed by atoms with Crippen molar-refractivity contribution in [3.63, 3.8) is 0 Å². The van der Waals surface area contributed by atoms with Crippen molar-refractivity contribution in [1.29, 1.82) is 0 Å². The fraction of sp³-hybridized carbons (Fsp3) is 0.270. The van der Waals surface area contributed by atoms with E-state index in [0.29, 0.717) is 17.1 Å². The summed E-state index contributed by atoms with van der Waals surface area (Å²) < 4.78 is 0. The summed E-state index contributed by atoms with van der Waals surface area (Å²) in [6.45, 7) is 10.6. The number of carbonyl (C=O) groups is 3. The molecule has 0 unspecified atom stereocenters. The highest BCUT2D eigenvalue weighted by Gasteiger charge is 2.21. The van der Waals surface area contributed by atoms with Gasteiger partial charge in [-0.15, -0.1) is 0 Å². The van der Waals surface area contributed by atoms with Gasteiger partial charge in [0.05, 0.1) is 17.3 Å². The van der Waals surface area contributed by atoms with E-state index in [2.05, 4.69) is 48.9 Å². The van der Waals surface area contributed by atoms with Crippen molar-refractivity contribution in [2.75, 3.05) is 54.0 Å². The van der Waals surface area contributed by atoms with E-state index >= 15 is 0 Å². The molecule has 0 aliphatic rings. The average molecular weight is 764 g/mol. The zero-order valence-corrected chi connectivity index (χ0v) is 30.0. The van der Waals surface area contributed by atoms with E-state index < -0.39 is 17.9 Å². The number of anilines is 3. The summed E-state index contributed by atoms with van der Waals surface area (Å²) in [7, 11) is 0. The fourth-order valence-electron chi connectivity index (χ4n) is 5.59. The van der Waals surface area contributed by atoms with Gasteiger partial charge in [-0.25, -0.2) is 14.4 Å². The predicted octanol–water partition coefficient (Wildman–Crippen LogP) is 0.124. The van der Waals surface area contributed by atoms with Crippen LogP contribution in [0.1, 0.15) is 41.9 Å². The van der Waals surface area contributed by atoms with E-state index in [1.54, 1.807) is 51.1 Å². The molecule has 0 aromatic heterocycles. The Morgan fingerprint density at radius 3 is 0.927 bits per heavy atom. The highest BCUT2D eigenvalue weighted by Crippen LogP contribution is 2.35. The zero-order valence-electron chi connectivity index (χ0n) is 30.0. The molecule has 0 aliphatic carbocycles. The Morgan fingerprint density at radius 1 is 0.491 bits per heavy atom. The molecule has 0 aliphatic heterocycles. The molecule has 0 radical (unpaired) electrons. The highest BCUT2D eigenvalue weighted by atomic mass is 17.1. The lowest BCUT2D eigenvalue weighted by molar-refractivity contribution is -0.672. The van der Waals surface area contributed by atoms with Crippen LogP contribution in [0.25, 0.3) is 0 Å². The molecular weight excluding hydrogens is 720 g/mol. The summed E-state index contributed by atoms with van der Waals surface area (Å²) in [6, 6.07) is 22.0. The van der Waals surface area contributed by atoms with Crippen LogP contribution in [0.2, 0.25) is 0 Å². The Morgan fingerprint density at radius 2 is 0.727 bits per heavy atom. The maximum absolute atomic E-state index is 12.1. The van der Waals surface area contributed by atoms with Crippen molar-refractivity contribution in [1.82, 2.24) is 0 Å². The summed E-state index contributed by atoms with van der Waals surface area (Å²) in [6.07, 6.45) is 0.418. The van der Waals surface area contributed by atoms with Crippen molar-refractivity contribution in [3.8, 4) is 0 Å². The highest BCUT2D eigenvalue weighted by molar-refractivity contribution is 5.77. The summed E-state index contributed by atoms with van der Waals surface area (Å²) in [5, 5.41) is 32.4. The molecule has 0 amide bonds. The first kappa shape index (κ1) is 43.3. The number of nitrogens with two attached hydrogens (primary N) is 3. The van der Waals surface area contributed by atoms with Crippen molar-refractivity contribution < 1.29 is 59.3 Å². The SMILES string of the molecule is C=C(CCN(CC(=O)ON)c1ccc(C(c2ccc(N(CCC(=C)O[O-])CC(=O)ON)cc2)c2ccc(N(CCC(=C)O[O-])CC(=O)ON)cc2)cc1)O[O-]. The van der Waals surface area contributed by atoms with Crippen LogP contribution in [0.15, 0.2) is 110 Å². The Bertz CT molecular complexity index is 1540. The second-order valence-electron chi connectivity index (χ2n) is 12.1. The van der Waals surface area contributed by atoms with Gasteiger partial charge >= 0.3 is 17.9 Å². The Hall–Kier alpha value is -6.15. The first-order valence-corrected chi connectivity index (χ1v) is 16.6. The molecule has 6 N–H and O–H groups in total. The second-order valence-corrected chi connectivity index (χ2v) is 12.1. The van der Waals surface area contributed by atoms with Crippen LogP contribution in [0.3, 0.4) is 0 Å². The normalized spacial score (nSPS) is 10.5. The van der Waals surface area contributed by atoms with E-state index in [1.165, 1.54) is 0 Å². The summed E-state index contributed by atoms with van der Waals surface area (Å²) in [5.74, 6) is 12.7. The third kappa shape index (κ3) is 13.3. The van der Waals surface area contributed by atoms with Crippen LogP contribution in [0, 0.1) is 0 Å². The molecular formula is C37H43N6O12-3. The Balaban J connectivity index is 2.07. The van der Waals surface area contributed by atoms with Gasteiger partial charge in [0.2, 0.25) is 0 Å². The predicted molar refractivity (Wildman–Crippen MR) is 192 cm³/mol. The lowest BCUT2D eigenvalue weighted by Crippen LogP contribution is -2.33. The monoisotopic (exact) mass is 763 g/mol. The smallest absolute Gasteiger partial charge is 0.343 e. The van der Waals surface area contributed by atoms with Crippen molar-refractivity contribution in [3.05, 3.63) is 127 Å². The lowest BCUT2D eigenvalue weighted by atomic mass is 9.85. The number of carbonyl (C=O) groups excluding carboxylic acids is 3. The molecule has 55 heavy (non-hydrogen) atoms. The van der Waals surface area contributed by atoms with Crippen molar-refractivity contribution in [2.24, 2.45) is 17.7 Å². The van der Waals surface area contributed by atoms with Gasteiger partial charge < -0.3 is 59.6 Å². The molecule has 0 bridgehead atoms. The number of hydrogen-bond donors (Lipinski definition) is 3. The minimum absolute atomic E-state index is 0.0148. The van der Waals surface area contributed by atoms with Gasteiger partial charge in [-0.1, -0.05) is 56.1 Å². The first-order chi connectivity index (χ1) is 26.5. The van der Waals surface area contributed by atoms with Crippen LogP contribution < -0.4 is 48.2 Å². The maximum Gasteiger partial charge on any atom is 0.343 e. The number of benzene rings is 3. The molecule has 3 aromatic carbocycles. The Labute approximate surface area is 317 Å². The standard InChI is InChI=1S/C37H46N6O12/c1-25(53-47)16-19-41(22-34(44)50-38)31-10-4-28(5-11-31)37(29-6-12-32(13-7-29)42(23-35(45)51-39)20-17-26(2)54-48)30-8-14-33(15-9-30)43(24-36(46)52-40)21-18-27(3)55-49/h4-15,37,47-49H,1-3,16-24,38-40H2/p-3. The van der Waals surface area contributed by atoms with E-state index in [4.69, 9.17) is 17.7 Å². The molecule has 0 fully saturated rings. The fourth-order valence-corrected chi connectivity index (χ4v) is 5.59. The topological polar surface area (TPSA) is 264 Å². The van der Waals surface area contributed by atoms with E-state index in [-0.39, 0.29) is 81.7 Å². The van der Waals surface area contributed by atoms with Gasteiger partial charge in [0, 0.05) is 61.9 Å². The zero-order chi connectivity index (χ0) is 40.3. The van der Waals surface area contributed by atoms with Crippen LogP contribution in [0.5, 0.6) is 0 Å². The molecule has 3 rings (SSSR count). The van der Waals surface area contributed by atoms with Gasteiger partial charge in [0.1, 0.15) is 19.6 Å². The molecule has 296 valence electrons. The van der Waals surface area contributed by atoms with E-state index in [1.807, 2.05) is 36.4 Å². The van der Waals surface area contributed by atoms with Crippen LogP contribution in [-0.4, -0.2) is 57.2 Å². The maximum atomic E-state index is 12.1. The number of rotatable bonds is 24. The summed E-state index contributed by atoms with van der Waals surface area (Å²) in [5.41, 5.74) is 4.35. The van der Waals surface area contributed by atoms with Gasteiger partial charge in [0.25, 0.3) is 0 Å². The van der Waals surface area contributed by atoms with Crippen LogP contribution in [0.4, 0.5) is 17.1 Å². The van der Waals surface area contributed by atoms with Crippen LogP contribution >= 0.6 is 0 Å². The third-order valence-electron chi connectivity index (χ3n) is 8.46. The molecule has 0 saturated heterocycles. The van der Waals surface area contributed by atoms with Crippen molar-refractivity contribution >= 4 is 35.0 Å². The first-order valence-electron chi connectivity index (χ1n) is 16.6. The molecule has 18 heteroatoms. The van der Waals surface area contributed by atoms with Crippen LogP contribution in [-0.2, 0) is 43.6 Å². The molecule has 3 aromatic rings. The second kappa shape index (κ2) is 22.2. The van der Waals surface area contributed by atoms with Gasteiger partial charge in [-0.2, -0.15) is 17.7 Å². The van der Waals surface area contributed by atoms with Gasteiger partial charge in [-0.05, 0) is 53.1 Å². The third-order valence-corrected chi connectivity index (χ3v) is 8.46. The summed E-state index contributed by atoms with van der Waals surface area (Å²) >= 11 is 0. The lowest BCUT2D eigenvalue weighted by Gasteiger charge is -2.27. The number of nitrogens with zero attached hydrogens (tertiary/aromatic N) is 3. The van der Waals surface area contributed by atoms with E-state index in [9.17, 15) is 30.2 Å². The molecule has 0 saturated carbocycles. The molecule has 0 atom stereocenters. The van der Waals surface area contributed by atoms with Gasteiger partial charge in [-0.3, -0.25) is 0 Å². The molecule has 18 nitrogen and oxygen atoms in total. The summed E-state index contributed by atoms with van der Waals surface area (Å²) in [4.78, 5) is 66.3. The van der Waals surface area contributed by atoms with Crippen molar-refractivity contribution in [2.45, 2.75) is 25.2 Å². The van der Waals surface area contributed by atoms with E-state index in [0.717, 1.165) is 16.7 Å².